The summed E-state index contributed by atoms with van der Waals surface area (Å²) < 4.78 is 5.32. The number of nitrogens with one attached hydrogen (secondary N) is 3. The molecule has 45 heavy (non-hydrogen) atoms. The molecule has 0 unspecified atom stereocenters. The van der Waals surface area contributed by atoms with E-state index in [0.29, 0.717) is 25.7 Å². The summed E-state index contributed by atoms with van der Waals surface area (Å²) in [6, 6.07) is 5.86. The number of alkyl carbamates (subject to hydrolysis) is 1. The summed E-state index contributed by atoms with van der Waals surface area (Å²) in [4.78, 5) is 66.2. The highest BCUT2D eigenvalue weighted by Gasteiger charge is 2.40. The molecular formula is C33H48N4O8. The number of allylic oxidation sites excluding steroid dienone is 1. The lowest BCUT2D eigenvalue weighted by Crippen LogP contribution is -2.62. The van der Waals surface area contributed by atoms with Gasteiger partial charge in [-0.25, -0.2) is 9.59 Å². The van der Waals surface area contributed by atoms with Crippen LogP contribution in [0.1, 0.15) is 72.3 Å². The SMILES string of the molecule is C=C[C@H](O)CC/C=C/C[C@H](NC(=O)OC(C)(C)C)C(=O)NC(C)(C)C(=O)N[C@@H](Cc1ccccc1)C(=O)N1CCC[C@@H]1C(=O)O. The smallest absolute Gasteiger partial charge is 0.408 e. The van der Waals surface area contributed by atoms with Crippen LogP contribution in [0.15, 0.2) is 55.1 Å². The molecular weight excluding hydrogens is 580 g/mol. The van der Waals surface area contributed by atoms with Crippen molar-refractivity contribution >= 4 is 29.8 Å². The van der Waals surface area contributed by atoms with E-state index < -0.39 is 65.2 Å². The highest BCUT2D eigenvalue weighted by molar-refractivity contribution is 5.96. The Morgan fingerprint density at radius 2 is 1.71 bits per heavy atom. The van der Waals surface area contributed by atoms with Crippen LogP contribution < -0.4 is 16.0 Å². The number of likely N-dealkylation sites (tertiary alicyclic amines) is 1. The van der Waals surface area contributed by atoms with E-state index in [1.165, 1.54) is 24.8 Å². The Bertz CT molecular complexity index is 1220. The van der Waals surface area contributed by atoms with Gasteiger partial charge in [-0.2, -0.15) is 0 Å². The number of carboxylic acids is 1. The van der Waals surface area contributed by atoms with E-state index in [1.807, 2.05) is 6.07 Å². The molecule has 0 aromatic heterocycles. The molecule has 4 atom stereocenters. The Kier molecular flexibility index (Phi) is 13.8. The summed E-state index contributed by atoms with van der Waals surface area (Å²) in [7, 11) is 0. The quantitative estimate of drug-likeness (QED) is 0.184. The normalized spacial score (nSPS) is 17.2. The molecule has 1 aliphatic rings. The first-order valence-corrected chi connectivity index (χ1v) is 15.2. The maximum Gasteiger partial charge on any atom is 0.408 e. The van der Waals surface area contributed by atoms with E-state index in [0.717, 1.165) is 5.56 Å². The summed E-state index contributed by atoms with van der Waals surface area (Å²) >= 11 is 0. The van der Waals surface area contributed by atoms with Crippen LogP contribution in [0.5, 0.6) is 0 Å². The first kappa shape index (κ1) is 37.0. The zero-order valence-electron chi connectivity index (χ0n) is 26.9. The van der Waals surface area contributed by atoms with E-state index in [1.54, 1.807) is 57.2 Å². The maximum atomic E-state index is 13.6. The minimum atomic E-state index is -1.53. The molecule has 1 aromatic carbocycles. The number of carbonyl (C=O) groups is 5. The van der Waals surface area contributed by atoms with Crippen LogP contribution in [0.3, 0.4) is 0 Å². The van der Waals surface area contributed by atoms with Crippen LogP contribution in [-0.4, -0.2) is 86.8 Å². The average Bonchev–Trinajstić information content (AvgIpc) is 3.45. The van der Waals surface area contributed by atoms with Crippen LogP contribution in [0.2, 0.25) is 0 Å². The van der Waals surface area contributed by atoms with Gasteiger partial charge in [-0.3, -0.25) is 14.4 Å². The number of amides is 4. The van der Waals surface area contributed by atoms with Crippen LogP contribution in [-0.2, 0) is 30.3 Å². The molecule has 248 valence electrons. The van der Waals surface area contributed by atoms with Crippen molar-refractivity contribution < 1.29 is 38.9 Å². The molecule has 5 N–H and O–H groups in total. The second-order valence-electron chi connectivity index (χ2n) is 12.6. The molecule has 12 heteroatoms. The van der Waals surface area contributed by atoms with Gasteiger partial charge in [-0.05, 0) is 72.3 Å². The number of hydrogen-bond acceptors (Lipinski definition) is 7. The van der Waals surface area contributed by atoms with Gasteiger partial charge in [0.25, 0.3) is 0 Å². The van der Waals surface area contributed by atoms with Gasteiger partial charge in [0.05, 0.1) is 6.10 Å². The van der Waals surface area contributed by atoms with Crippen molar-refractivity contribution in [2.45, 2.75) is 109 Å². The number of hydrogen-bond donors (Lipinski definition) is 5. The van der Waals surface area contributed by atoms with E-state index in [-0.39, 0.29) is 19.4 Å². The fraction of sp³-hybridized carbons (Fsp3) is 0.545. The molecule has 0 aliphatic carbocycles. The number of aliphatic carboxylic acids is 1. The number of ether oxygens (including phenoxy) is 1. The number of carboxylic acid groups (broad SMARTS) is 1. The van der Waals surface area contributed by atoms with Gasteiger partial charge < -0.3 is 35.8 Å². The first-order chi connectivity index (χ1) is 21.0. The predicted octanol–water partition coefficient (Wildman–Crippen LogP) is 2.85. The fourth-order valence-corrected chi connectivity index (χ4v) is 4.74. The minimum absolute atomic E-state index is 0.0770. The summed E-state index contributed by atoms with van der Waals surface area (Å²) in [5.41, 5.74) is -1.58. The number of benzene rings is 1. The third-order valence-electron chi connectivity index (χ3n) is 7.16. The Balaban J connectivity index is 2.21. The number of carbonyl (C=O) groups excluding carboxylic acids is 4. The van der Waals surface area contributed by atoms with Crippen LogP contribution in [0.4, 0.5) is 4.79 Å². The molecule has 2 rings (SSSR count). The molecule has 12 nitrogen and oxygen atoms in total. The third-order valence-corrected chi connectivity index (χ3v) is 7.16. The molecule has 1 heterocycles. The molecule has 1 saturated heterocycles. The molecule has 0 spiro atoms. The van der Waals surface area contributed by atoms with Gasteiger partial charge in [-0.15, -0.1) is 6.58 Å². The molecule has 1 fully saturated rings. The number of nitrogens with zero attached hydrogens (tertiary/aromatic N) is 1. The Morgan fingerprint density at radius 1 is 1.04 bits per heavy atom. The molecule has 1 aromatic rings. The van der Waals surface area contributed by atoms with Crippen molar-refractivity contribution in [1.82, 2.24) is 20.9 Å². The summed E-state index contributed by atoms with van der Waals surface area (Å²) in [6.45, 7) is 11.8. The Labute approximate surface area is 265 Å². The average molecular weight is 629 g/mol. The highest BCUT2D eigenvalue weighted by Crippen LogP contribution is 2.20. The summed E-state index contributed by atoms with van der Waals surface area (Å²) in [6.07, 6.45) is 5.41. The van der Waals surface area contributed by atoms with E-state index in [4.69, 9.17) is 4.74 Å². The second-order valence-corrected chi connectivity index (χ2v) is 12.6. The van der Waals surface area contributed by atoms with Gasteiger partial charge in [0.15, 0.2) is 0 Å². The lowest BCUT2D eigenvalue weighted by atomic mass is 9.99. The Hall–Kier alpha value is -4.19. The monoisotopic (exact) mass is 628 g/mol. The van der Waals surface area contributed by atoms with Gasteiger partial charge in [0.1, 0.15) is 29.3 Å². The lowest BCUT2D eigenvalue weighted by Gasteiger charge is -2.32. The van der Waals surface area contributed by atoms with Crippen molar-refractivity contribution in [3.63, 3.8) is 0 Å². The van der Waals surface area contributed by atoms with Gasteiger partial charge >= 0.3 is 12.1 Å². The Morgan fingerprint density at radius 3 is 2.31 bits per heavy atom. The van der Waals surface area contributed by atoms with Crippen LogP contribution in [0, 0.1) is 0 Å². The molecule has 0 radical (unpaired) electrons. The van der Waals surface area contributed by atoms with Gasteiger partial charge in [-0.1, -0.05) is 48.6 Å². The van der Waals surface area contributed by atoms with Gasteiger partial charge in [0.2, 0.25) is 17.7 Å². The van der Waals surface area contributed by atoms with E-state index in [9.17, 15) is 34.2 Å². The zero-order chi connectivity index (χ0) is 33.8. The predicted molar refractivity (Wildman–Crippen MR) is 169 cm³/mol. The largest absolute Gasteiger partial charge is 0.480 e. The standard InChI is InChI=1S/C33H48N4O8/c1-7-23(38)17-12-9-13-18-24(35-31(44)45-32(2,3)4)27(39)36-33(5,6)30(43)34-25(21-22-15-10-8-11-16-22)28(40)37-20-14-19-26(37)29(41)42/h7-11,13,15-16,23-26,38H,1,12,14,17-21H2,2-6H3,(H,34,43)(H,35,44)(H,36,39)(H,41,42)/b13-9+/t23-,24-,25-,26+/m0/s1. The molecule has 4 amide bonds. The number of aliphatic hydroxyl groups excluding tert-OH is 1. The first-order valence-electron chi connectivity index (χ1n) is 15.2. The van der Waals surface area contributed by atoms with Crippen molar-refractivity contribution in [1.29, 1.82) is 0 Å². The van der Waals surface area contributed by atoms with Crippen molar-refractivity contribution in [3.8, 4) is 0 Å². The molecule has 0 bridgehead atoms. The fourth-order valence-electron chi connectivity index (χ4n) is 4.74. The molecule has 1 aliphatic heterocycles. The number of aliphatic hydroxyl groups is 1. The third kappa shape index (κ3) is 12.4. The zero-order valence-corrected chi connectivity index (χ0v) is 26.9. The summed E-state index contributed by atoms with van der Waals surface area (Å²) in [5.74, 6) is -2.95. The maximum absolute atomic E-state index is 13.6. The van der Waals surface area contributed by atoms with Crippen molar-refractivity contribution in [2.75, 3.05) is 6.54 Å². The van der Waals surface area contributed by atoms with Crippen molar-refractivity contribution in [3.05, 3.63) is 60.7 Å². The van der Waals surface area contributed by atoms with E-state index >= 15 is 0 Å². The van der Waals surface area contributed by atoms with Crippen LogP contribution >= 0.6 is 0 Å². The van der Waals surface area contributed by atoms with Crippen LogP contribution in [0.25, 0.3) is 0 Å². The van der Waals surface area contributed by atoms with Gasteiger partial charge in [0, 0.05) is 13.0 Å². The second kappa shape index (κ2) is 16.8. The minimum Gasteiger partial charge on any atom is -0.480 e. The lowest BCUT2D eigenvalue weighted by molar-refractivity contribution is -0.149. The van der Waals surface area contributed by atoms with Crippen molar-refractivity contribution in [2.24, 2.45) is 0 Å². The number of rotatable bonds is 15. The topological polar surface area (TPSA) is 174 Å². The molecule has 0 saturated carbocycles. The highest BCUT2D eigenvalue weighted by atomic mass is 16.6. The van der Waals surface area contributed by atoms with E-state index in [2.05, 4.69) is 22.5 Å². The summed E-state index contributed by atoms with van der Waals surface area (Å²) in [5, 5.41) is 27.3.